The lowest BCUT2D eigenvalue weighted by atomic mass is 10.1. The Labute approximate surface area is 122 Å². The van der Waals surface area contributed by atoms with E-state index in [0.717, 1.165) is 17.0 Å². The third-order valence-electron chi connectivity index (χ3n) is 3.33. The van der Waals surface area contributed by atoms with Crippen LogP contribution in [0.5, 0.6) is 5.75 Å². The summed E-state index contributed by atoms with van der Waals surface area (Å²) < 4.78 is 5.62. The monoisotopic (exact) mass is 287 g/mol. The lowest BCUT2D eigenvalue weighted by molar-refractivity contribution is -0.125. The molecule has 0 radical (unpaired) electrons. The summed E-state index contributed by atoms with van der Waals surface area (Å²) in [6.07, 6.45) is -0.461. The van der Waals surface area contributed by atoms with Gasteiger partial charge in [0.15, 0.2) is 6.10 Å². The van der Waals surface area contributed by atoms with Crippen LogP contribution in [0.1, 0.15) is 12.5 Å². The zero-order chi connectivity index (χ0) is 14.1. The number of amides is 1. The van der Waals surface area contributed by atoms with Crippen LogP contribution >= 0.6 is 11.6 Å². The third-order valence-corrected chi connectivity index (χ3v) is 3.58. The minimum atomic E-state index is -0.461. The Morgan fingerprint density at radius 1 is 1.15 bits per heavy atom. The van der Waals surface area contributed by atoms with Crippen LogP contribution in [0.3, 0.4) is 0 Å². The molecular formula is C16H14ClNO2. The molecular weight excluding hydrogens is 274 g/mol. The molecule has 1 atom stereocenters. The highest BCUT2D eigenvalue weighted by Crippen LogP contribution is 2.34. The standard InChI is InChI=1S/C16H14ClNO2/c1-11-16(19)18(10-12-6-8-13(17)9-7-12)14-4-2-3-5-15(14)20-11/h2-9,11H,10H2,1H3/t11-/m1/s1. The maximum absolute atomic E-state index is 12.3. The van der Waals surface area contributed by atoms with Gasteiger partial charge >= 0.3 is 0 Å². The van der Waals surface area contributed by atoms with Gasteiger partial charge in [0.2, 0.25) is 0 Å². The second-order valence-electron chi connectivity index (χ2n) is 4.78. The van der Waals surface area contributed by atoms with Crippen molar-refractivity contribution < 1.29 is 9.53 Å². The largest absolute Gasteiger partial charge is 0.479 e. The van der Waals surface area contributed by atoms with Gasteiger partial charge in [0.05, 0.1) is 12.2 Å². The Morgan fingerprint density at radius 2 is 1.85 bits per heavy atom. The average Bonchev–Trinajstić information content (AvgIpc) is 2.46. The van der Waals surface area contributed by atoms with Crippen LogP contribution in [0.2, 0.25) is 5.02 Å². The molecule has 0 aromatic heterocycles. The number of carbonyl (C=O) groups excluding carboxylic acids is 1. The van der Waals surface area contributed by atoms with E-state index in [2.05, 4.69) is 0 Å². The molecule has 20 heavy (non-hydrogen) atoms. The summed E-state index contributed by atoms with van der Waals surface area (Å²) in [6.45, 7) is 2.29. The summed E-state index contributed by atoms with van der Waals surface area (Å²) in [4.78, 5) is 14.1. The number of para-hydroxylation sites is 2. The van der Waals surface area contributed by atoms with Crippen molar-refractivity contribution in [3.8, 4) is 5.75 Å². The predicted molar refractivity (Wildman–Crippen MR) is 79.2 cm³/mol. The number of benzene rings is 2. The number of halogens is 1. The Kier molecular flexibility index (Phi) is 3.36. The number of ether oxygens (including phenoxy) is 1. The van der Waals surface area contributed by atoms with E-state index < -0.39 is 6.10 Å². The predicted octanol–water partition coefficient (Wildman–Crippen LogP) is 3.65. The number of nitrogens with zero attached hydrogens (tertiary/aromatic N) is 1. The average molecular weight is 288 g/mol. The highest BCUT2D eigenvalue weighted by molar-refractivity contribution is 6.30. The fraction of sp³-hybridized carbons (Fsp3) is 0.188. The molecule has 0 bridgehead atoms. The molecule has 3 nitrogen and oxygen atoms in total. The molecule has 102 valence electrons. The fourth-order valence-electron chi connectivity index (χ4n) is 2.29. The summed E-state index contributed by atoms with van der Waals surface area (Å²) in [5.74, 6) is 0.715. The van der Waals surface area contributed by atoms with Crippen molar-refractivity contribution in [3.05, 3.63) is 59.1 Å². The molecule has 0 spiro atoms. The molecule has 2 aromatic carbocycles. The van der Waals surface area contributed by atoms with Crippen molar-refractivity contribution in [1.29, 1.82) is 0 Å². The van der Waals surface area contributed by atoms with Crippen LogP contribution in [0.4, 0.5) is 5.69 Å². The zero-order valence-corrected chi connectivity index (χ0v) is 11.8. The zero-order valence-electron chi connectivity index (χ0n) is 11.0. The topological polar surface area (TPSA) is 29.5 Å². The maximum Gasteiger partial charge on any atom is 0.268 e. The van der Waals surface area contributed by atoms with Crippen LogP contribution in [0.15, 0.2) is 48.5 Å². The molecule has 1 aliphatic heterocycles. The van der Waals surface area contributed by atoms with Crippen molar-refractivity contribution in [1.82, 2.24) is 0 Å². The second-order valence-corrected chi connectivity index (χ2v) is 5.22. The van der Waals surface area contributed by atoms with Crippen LogP contribution in [0.25, 0.3) is 0 Å². The fourth-order valence-corrected chi connectivity index (χ4v) is 2.42. The van der Waals surface area contributed by atoms with Gasteiger partial charge in [0.1, 0.15) is 5.75 Å². The van der Waals surface area contributed by atoms with Gasteiger partial charge in [-0.2, -0.15) is 0 Å². The van der Waals surface area contributed by atoms with Crippen LogP contribution in [-0.2, 0) is 11.3 Å². The highest BCUT2D eigenvalue weighted by Gasteiger charge is 2.31. The van der Waals surface area contributed by atoms with Crippen molar-refractivity contribution in [2.45, 2.75) is 19.6 Å². The Hall–Kier alpha value is -2.00. The molecule has 1 heterocycles. The first-order valence-electron chi connectivity index (χ1n) is 6.46. The second kappa shape index (κ2) is 5.17. The third kappa shape index (κ3) is 2.37. The van der Waals surface area contributed by atoms with E-state index in [0.29, 0.717) is 11.6 Å². The lowest BCUT2D eigenvalue weighted by Crippen LogP contribution is -2.43. The molecule has 4 heteroatoms. The number of rotatable bonds is 2. The van der Waals surface area contributed by atoms with E-state index in [4.69, 9.17) is 16.3 Å². The van der Waals surface area contributed by atoms with Crippen molar-refractivity contribution in [2.24, 2.45) is 0 Å². The van der Waals surface area contributed by atoms with E-state index >= 15 is 0 Å². The Bertz CT molecular complexity index is 639. The van der Waals surface area contributed by atoms with E-state index in [9.17, 15) is 4.79 Å². The summed E-state index contributed by atoms with van der Waals surface area (Å²) in [6, 6.07) is 15.1. The van der Waals surface area contributed by atoms with Crippen molar-refractivity contribution >= 4 is 23.2 Å². The van der Waals surface area contributed by atoms with Crippen molar-refractivity contribution in [3.63, 3.8) is 0 Å². The summed E-state index contributed by atoms with van der Waals surface area (Å²) >= 11 is 5.89. The van der Waals surface area contributed by atoms with Crippen LogP contribution in [0, 0.1) is 0 Å². The van der Waals surface area contributed by atoms with Gasteiger partial charge in [0.25, 0.3) is 5.91 Å². The number of fused-ring (bicyclic) bond motifs is 1. The van der Waals surface area contributed by atoms with Gasteiger partial charge < -0.3 is 9.64 Å². The minimum absolute atomic E-state index is 0.0290. The first-order valence-corrected chi connectivity index (χ1v) is 6.84. The van der Waals surface area contributed by atoms with Crippen molar-refractivity contribution in [2.75, 3.05) is 4.90 Å². The van der Waals surface area contributed by atoms with Gasteiger partial charge in [-0.3, -0.25) is 4.79 Å². The van der Waals surface area contributed by atoms with Gasteiger partial charge in [-0.05, 0) is 36.8 Å². The summed E-state index contributed by atoms with van der Waals surface area (Å²) in [5, 5.41) is 0.691. The summed E-state index contributed by atoms with van der Waals surface area (Å²) in [5.41, 5.74) is 1.84. The lowest BCUT2D eigenvalue weighted by Gasteiger charge is -2.33. The maximum atomic E-state index is 12.3. The first-order chi connectivity index (χ1) is 9.65. The summed E-state index contributed by atoms with van der Waals surface area (Å²) in [7, 11) is 0. The smallest absolute Gasteiger partial charge is 0.268 e. The number of anilines is 1. The van der Waals surface area contributed by atoms with Crippen LogP contribution < -0.4 is 9.64 Å². The Balaban J connectivity index is 1.95. The van der Waals surface area contributed by atoms with E-state index in [-0.39, 0.29) is 5.91 Å². The molecule has 0 aliphatic carbocycles. The molecule has 0 fully saturated rings. The SMILES string of the molecule is C[C@H]1Oc2ccccc2N(Cc2ccc(Cl)cc2)C1=O. The number of hydrogen-bond acceptors (Lipinski definition) is 2. The molecule has 0 N–H and O–H groups in total. The quantitative estimate of drug-likeness (QED) is 0.844. The minimum Gasteiger partial charge on any atom is -0.479 e. The molecule has 0 unspecified atom stereocenters. The van der Waals surface area contributed by atoms with Gasteiger partial charge in [-0.1, -0.05) is 35.9 Å². The van der Waals surface area contributed by atoms with Gasteiger partial charge in [0, 0.05) is 5.02 Å². The van der Waals surface area contributed by atoms with E-state index in [1.165, 1.54) is 0 Å². The Morgan fingerprint density at radius 3 is 2.60 bits per heavy atom. The molecule has 0 saturated heterocycles. The van der Waals surface area contributed by atoms with Gasteiger partial charge in [-0.15, -0.1) is 0 Å². The highest BCUT2D eigenvalue weighted by atomic mass is 35.5. The van der Waals surface area contributed by atoms with E-state index in [1.807, 2.05) is 48.5 Å². The molecule has 3 rings (SSSR count). The van der Waals surface area contributed by atoms with Crippen LogP contribution in [-0.4, -0.2) is 12.0 Å². The molecule has 1 aliphatic rings. The number of carbonyl (C=O) groups is 1. The normalized spacial score (nSPS) is 17.6. The molecule has 2 aromatic rings. The molecule has 0 saturated carbocycles. The number of hydrogen-bond donors (Lipinski definition) is 0. The first kappa shape index (κ1) is 13.0. The molecule has 1 amide bonds. The van der Waals surface area contributed by atoms with Gasteiger partial charge in [-0.25, -0.2) is 0 Å². The van der Waals surface area contributed by atoms with E-state index in [1.54, 1.807) is 11.8 Å².